The summed E-state index contributed by atoms with van der Waals surface area (Å²) in [6.45, 7) is 11.7. The van der Waals surface area contributed by atoms with Crippen molar-refractivity contribution < 1.29 is 9.47 Å². The average Bonchev–Trinajstić information content (AvgIpc) is 3.27. The van der Waals surface area contributed by atoms with Gasteiger partial charge in [-0.2, -0.15) is 0 Å². The van der Waals surface area contributed by atoms with Gasteiger partial charge in [0.15, 0.2) is 0 Å². The van der Waals surface area contributed by atoms with Crippen molar-refractivity contribution in [3.63, 3.8) is 0 Å². The normalized spacial score (nSPS) is 37.6. The molecule has 0 bridgehead atoms. The first-order valence-corrected chi connectivity index (χ1v) is 8.32. The van der Waals surface area contributed by atoms with Crippen LogP contribution in [0.3, 0.4) is 0 Å². The number of nitrogens with zero attached hydrogens (tertiary/aromatic N) is 1. The Morgan fingerprint density at radius 1 is 1.35 bits per heavy atom. The minimum Gasteiger partial charge on any atom is -0.378 e. The highest BCUT2D eigenvalue weighted by molar-refractivity contribution is 5.03. The molecule has 1 N–H and O–H groups in total. The molecule has 20 heavy (non-hydrogen) atoms. The van der Waals surface area contributed by atoms with Gasteiger partial charge in [-0.15, -0.1) is 0 Å². The van der Waals surface area contributed by atoms with E-state index >= 15 is 0 Å². The van der Waals surface area contributed by atoms with Crippen LogP contribution in [-0.4, -0.2) is 62.0 Å². The molecule has 0 amide bonds. The molecule has 3 aliphatic rings. The zero-order valence-electron chi connectivity index (χ0n) is 13.2. The highest BCUT2D eigenvalue weighted by Crippen LogP contribution is 2.42. The first kappa shape index (κ1) is 14.8. The van der Waals surface area contributed by atoms with Crippen LogP contribution in [0.4, 0.5) is 0 Å². The van der Waals surface area contributed by atoms with Crippen molar-refractivity contribution in [3.05, 3.63) is 0 Å². The van der Waals surface area contributed by atoms with Crippen LogP contribution in [0.15, 0.2) is 0 Å². The lowest BCUT2D eigenvalue weighted by atomic mass is 9.64. The molecule has 0 aromatic heterocycles. The predicted molar refractivity (Wildman–Crippen MR) is 79.9 cm³/mol. The van der Waals surface area contributed by atoms with Crippen LogP contribution < -0.4 is 5.32 Å². The molecule has 0 spiro atoms. The highest BCUT2D eigenvalue weighted by atomic mass is 16.5. The Labute approximate surface area is 123 Å². The molecule has 0 radical (unpaired) electrons. The summed E-state index contributed by atoms with van der Waals surface area (Å²) >= 11 is 0. The van der Waals surface area contributed by atoms with E-state index in [1.54, 1.807) is 0 Å². The predicted octanol–water partition coefficient (Wildman–Crippen LogP) is 1.64. The third-order valence-corrected chi connectivity index (χ3v) is 5.37. The van der Waals surface area contributed by atoms with Crippen LogP contribution in [0.25, 0.3) is 0 Å². The van der Waals surface area contributed by atoms with Gasteiger partial charge in [-0.3, -0.25) is 4.90 Å². The van der Waals surface area contributed by atoms with E-state index in [1.807, 2.05) is 0 Å². The van der Waals surface area contributed by atoms with E-state index in [9.17, 15) is 0 Å². The molecule has 2 saturated carbocycles. The second-order valence-corrected chi connectivity index (χ2v) is 7.18. The molecular formula is C16H30N2O2. The zero-order chi connectivity index (χ0) is 14.2. The Morgan fingerprint density at radius 2 is 2.15 bits per heavy atom. The van der Waals surface area contributed by atoms with Crippen LogP contribution in [-0.2, 0) is 9.47 Å². The largest absolute Gasteiger partial charge is 0.378 e. The van der Waals surface area contributed by atoms with Crippen molar-refractivity contribution in [2.45, 2.75) is 64.3 Å². The first-order valence-electron chi connectivity index (χ1n) is 8.32. The van der Waals surface area contributed by atoms with Crippen LogP contribution in [0.1, 0.15) is 40.0 Å². The number of hydrogen-bond donors (Lipinski definition) is 1. The zero-order valence-corrected chi connectivity index (χ0v) is 13.2. The van der Waals surface area contributed by atoms with Gasteiger partial charge in [0.25, 0.3) is 0 Å². The molecule has 0 aromatic rings. The molecule has 1 aliphatic heterocycles. The van der Waals surface area contributed by atoms with Gasteiger partial charge < -0.3 is 14.8 Å². The number of morpholine rings is 1. The summed E-state index contributed by atoms with van der Waals surface area (Å²) < 4.78 is 11.7. The number of rotatable bonds is 6. The van der Waals surface area contributed by atoms with E-state index in [-0.39, 0.29) is 5.41 Å². The van der Waals surface area contributed by atoms with E-state index in [0.29, 0.717) is 18.2 Å². The van der Waals surface area contributed by atoms with Crippen molar-refractivity contribution in [2.24, 2.45) is 5.41 Å². The maximum atomic E-state index is 5.91. The van der Waals surface area contributed by atoms with Gasteiger partial charge in [0.05, 0.1) is 18.8 Å². The monoisotopic (exact) mass is 282 g/mol. The standard InChI is InChI=1S/C16H30N2O2/c1-4-19-15-9-14(16(15,2)3)17-10-13-11-18(7-8-20-13)12-5-6-12/h12-15,17H,4-11H2,1-3H3/t13-,14-,15-/m1/s1. The summed E-state index contributed by atoms with van der Waals surface area (Å²) in [6.07, 6.45) is 4.71. The lowest BCUT2D eigenvalue weighted by molar-refractivity contribution is -0.118. The van der Waals surface area contributed by atoms with Crippen LogP contribution in [0, 0.1) is 5.41 Å². The SMILES string of the molecule is CCO[C@@H]1C[C@@H](NC[C@@H]2CN(C3CC3)CCO2)C1(C)C. The molecule has 3 rings (SSSR count). The number of ether oxygens (including phenoxy) is 2. The maximum absolute atomic E-state index is 5.91. The molecule has 1 saturated heterocycles. The fourth-order valence-electron chi connectivity index (χ4n) is 3.63. The minimum atomic E-state index is 0.251. The highest BCUT2D eigenvalue weighted by Gasteiger charge is 2.48. The molecular weight excluding hydrogens is 252 g/mol. The van der Waals surface area contributed by atoms with E-state index in [4.69, 9.17) is 9.47 Å². The summed E-state index contributed by atoms with van der Waals surface area (Å²) in [7, 11) is 0. The molecule has 1 heterocycles. The summed E-state index contributed by atoms with van der Waals surface area (Å²) in [5, 5.41) is 3.72. The molecule has 3 fully saturated rings. The Morgan fingerprint density at radius 3 is 2.80 bits per heavy atom. The second-order valence-electron chi connectivity index (χ2n) is 7.18. The van der Waals surface area contributed by atoms with Crippen LogP contribution in [0.5, 0.6) is 0 Å². The third kappa shape index (κ3) is 3.03. The van der Waals surface area contributed by atoms with E-state index < -0.39 is 0 Å². The minimum absolute atomic E-state index is 0.251. The van der Waals surface area contributed by atoms with Gasteiger partial charge in [0, 0.05) is 43.7 Å². The van der Waals surface area contributed by atoms with Gasteiger partial charge >= 0.3 is 0 Å². The smallest absolute Gasteiger partial charge is 0.0826 e. The molecule has 0 aromatic carbocycles. The molecule has 116 valence electrons. The molecule has 4 nitrogen and oxygen atoms in total. The molecule has 4 heteroatoms. The molecule has 2 aliphatic carbocycles. The van der Waals surface area contributed by atoms with Gasteiger partial charge in [0.1, 0.15) is 0 Å². The van der Waals surface area contributed by atoms with Crippen molar-refractivity contribution in [1.82, 2.24) is 10.2 Å². The van der Waals surface area contributed by atoms with Crippen LogP contribution >= 0.6 is 0 Å². The maximum Gasteiger partial charge on any atom is 0.0826 e. The fourth-order valence-corrected chi connectivity index (χ4v) is 3.63. The van der Waals surface area contributed by atoms with E-state index in [0.717, 1.165) is 45.3 Å². The Balaban J connectivity index is 1.41. The Kier molecular flexibility index (Phi) is 4.37. The fraction of sp³-hybridized carbons (Fsp3) is 1.00. The van der Waals surface area contributed by atoms with Gasteiger partial charge in [0.2, 0.25) is 0 Å². The van der Waals surface area contributed by atoms with Crippen LogP contribution in [0.2, 0.25) is 0 Å². The lowest BCUT2D eigenvalue weighted by Gasteiger charge is -2.52. The van der Waals surface area contributed by atoms with E-state index in [1.165, 1.54) is 12.8 Å². The first-order chi connectivity index (χ1) is 9.61. The second kappa shape index (κ2) is 5.91. The van der Waals surface area contributed by atoms with E-state index in [2.05, 4.69) is 31.0 Å². The van der Waals surface area contributed by atoms with Crippen molar-refractivity contribution in [1.29, 1.82) is 0 Å². The summed E-state index contributed by atoms with van der Waals surface area (Å²) in [5.41, 5.74) is 0.251. The summed E-state index contributed by atoms with van der Waals surface area (Å²) in [6, 6.07) is 1.43. The Bertz CT molecular complexity index is 330. The average molecular weight is 282 g/mol. The lowest BCUT2D eigenvalue weighted by Crippen LogP contribution is -2.62. The van der Waals surface area contributed by atoms with Gasteiger partial charge in [-0.05, 0) is 26.2 Å². The quantitative estimate of drug-likeness (QED) is 0.803. The van der Waals surface area contributed by atoms with Crippen molar-refractivity contribution >= 4 is 0 Å². The van der Waals surface area contributed by atoms with Gasteiger partial charge in [-0.1, -0.05) is 13.8 Å². The molecule has 0 unspecified atom stereocenters. The topological polar surface area (TPSA) is 33.7 Å². The Hall–Kier alpha value is -0.160. The van der Waals surface area contributed by atoms with Crippen molar-refractivity contribution in [3.8, 4) is 0 Å². The van der Waals surface area contributed by atoms with Crippen molar-refractivity contribution in [2.75, 3.05) is 32.8 Å². The summed E-state index contributed by atoms with van der Waals surface area (Å²) in [4.78, 5) is 2.62. The third-order valence-electron chi connectivity index (χ3n) is 5.37. The summed E-state index contributed by atoms with van der Waals surface area (Å²) in [5.74, 6) is 0. The number of nitrogens with one attached hydrogen (secondary N) is 1. The van der Waals surface area contributed by atoms with Gasteiger partial charge in [-0.25, -0.2) is 0 Å². The number of hydrogen-bond acceptors (Lipinski definition) is 4. The molecule has 3 atom stereocenters.